The first-order valence-corrected chi connectivity index (χ1v) is 11.2. The molecule has 6 nitrogen and oxygen atoms in total. The number of nitrogens with zero attached hydrogens (tertiary/aromatic N) is 5. The lowest BCUT2D eigenvalue weighted by molar-refractivity contribution is -0.122. The van der Waals surface area contributed by atoms with Crippen molar-refractivity contribution < 1.29 is 4.79 Å². The first-order chi connectivity index (χ1) is 15.5. The monoisotopic (exact) mass is 425 g/mol. The van der Waals surface area contributed by atoms with E-state index >= 15 is 0 Å². The Kier molecular flexibility index (Phi) is 5.28. The zero-order valence-electron chi connectivity index (χ0n) is 18.5. The number of hydrogen-bond acceptors (Lipinski definition) is 4. The molecule has 0 radical (unpaired) electrons. The Hall–Kier alpha value is -3.43. The number of benzene rings is 2. The molecule has 2 aliphatic rings. The van der Waals surface area contributed by atoms with Crippen molar-refractivity contribution >= 4 is 11.6 Å². The van der Waals surface area contributed by atoms with E-state index in [0.717, 1.165) is 30.9 Å². The lowest BCUT2D eigenvalue weighted by atomic mass is 9.91. The van der Waals surface area contributed by atoms with Gasteiger partial charge in [-0.3, -0.25) is 9.69 Å². The summed E-state index contributed by atoms with van der Waals surface area (Å²) in [6.45, 7) is 6.06. The molecule has 6 heteroatoms. The van der Waals surface area contributed by atoms with Crippen molar-refractivity contribution in [2.45, 2.75) is 38.8 Å². The lowest BCUT2D eigenvalue weighted by Gasteiger charge is -2.42. The molecular formula is C26H27N5O. The maximum atomic E-state index is 13.1. The number of carbonyl (C=O) groups excluding carboxylic acids is 1. The summed E-state index contributed by atoms with van der Waals surface area (Å²) in [5.74, 6) is 1.14. The number of piperazine rings is 1. The molecule has 0 aliphatic carbocycles. The third-order valence-corrected chi connectivity index (χ3v) is 6.81. The number of hydrogen-bond donors (Lipinski definition) is 0. The molecule has 1 fully saturated rings. The van der Waals surface area contributed by atoms with Crippen LogP contribution in [0.1, 0.15) is 53.1 Å². The van der Waals surface area contributed by atoms with Crippen LogP contribution >= 0.6 is 0 Å². The zero-order chi connectivity index (χ0) is 22.2. The number of nitriles is 1. The molecule has 2 aromatic carbocycles. The number of aryl methyl sites for hydroxylation is 2. The van der Waals surface area contributed by atoms with E-state index in [1.165, 1.54) is 16.8 Å². The maximum Gasteiger partial charge on any atom is 0.241 e. The summed E-state index contributed by atoms with van der Waals surface area (Å²) in [5.41, 5.74) is 5.21. The number of aromatic nitrogens is 2. The van der Waals surface area contributed by atoms with Gasteiger partial charge in [0, 0.05) is 18.8 Å². The first kappa shape index (κ1) is 20.5. The summed E-state index contributed by atoms with van der Waals surface area (Å²) >= 11 is 0. The fraction of sp³-hybridized carbons (Fsp3) is 0.346. The van der Waals surface area contributed by atoms with Crippen LogP contribution < -0.4 is 4.90 Å². The van der Waals surface area contributed by atoms with E-state index in [0.29, 0.717) is 18.7 Å². The number of amides is 1. The second-order valence-electron chi connectivity index (χ2n) is 8.80. The van der Waals surface area contributed by atoms with Gasteiger partial charge in [0.2, 0.25) is 5.91 Å². The molecule has 3 heterocycles. The van der Waals surface area contributed by atoms with Gasteiger partial charge < -0.3 is 9.47 Å². The maximum absolute atomic E-state index is 13.1. The highest BCUT2D eigenvalue weighted by Gasteiger charge is 2.36. The summed E-state index contributed by atoms with van der Waals surface area (Å²) < 4.78 is 2.33. The molecule has 0 saturated carbocycles. The van der Waals surface area contributed by atoms with E-state index in [9.17, 15) is 4.79 Å². The molecule has 1 saturated heterocycles. The molecule has 0 bridgehead atoms. The predicted octanol–water partition coefficient (Wildman–Crippen LogP) is 4.14. The average Bonchev–Trinajstić information content (AvgIpc) is 3.20. The molecule has 5 rings (SSSR count). The summed E-state index contributed by atoms with van der Waals surface area (Å²) in [6, 6.07) is 18.6. The van der Waals surface area contributed by atoms with Crippen LogP contribution in [0.4, 0.5) is 5.69 Å². The summed E-state index contributed by atoms with van der Waals surface area (Å²) in [4.78, 5) is 21.9. The molecule has 0 N–H and O–H groups in total. The smallest absolute Gasteiger partial charge is 0.241 e. The zero-order valence-corrected chi connectivity index (χ0v) is 18.5. The van der Waals surface area contributed by atoms with E-state index in [4.69, 9.17) is 5.26 Å². The van der Waals surface area contributed by atoms with Crippen LogP contribution in [0.3, 0.4) is 0 Å². The topological polar surface area (TPSA) is 65.2 Å². The molecule has 1 aromatic heterocycles. The van der Waals surface area contributed by atoms with Gasteiger partial charge in [-0.15, -0.1) is 0 Å². The molecule has 2 aliphatic heterocycles. The Morgan fingerprint density at radius 3 is 2.53 bits per heavy atom. The number of anilines is 1. The quantitative estimate of drug-likeness (QED) is 0.633. The third-order valence-electron chi connectivity index (χ3n) is 6.81. The molecule has 2 unspecified atom stereocenters. The van der Waals surface area contributed by atoms with Gasteiger partial charge in [-0.05, 0) is 62.1 Å². The molecular weight excluding hydrogens is 398 g/mol. The van der Waals surface area contributed by atoms with Crippen LogP contribution in [0.15, 0.2) is 54.7 Å². The Balaban J connectivity index is 1.38. The van der Waals surface area contributed by atoms with Crippen molar-refractivity contribution in [3.05, 3.63) is 82.9 Å². The second-order valence-corrected chi connectivity index (χ2v) is 8.80. The molecule has 3 aromatic rings. The van der Waals surface area contributed by atoms with Crippen molar-refractivity contribution in [2.24, 2.45) is 0 Å². The van der Waals surface area contributed by atoms with Gasteiger partial charge in [-0.1, -0.05) is 24.3 Å². The van der Waals surface area contributed by atoms with Crippen LogP contribution in [-0.2, 0) is 4.79 Å². The van der Waals surface area contributed by atoms with Crippen LogP contribution in [0.2, 0.25) is 0 Å². The first-order valence-electron chi connectivity index (χ1n) is 11.2. The highest BCUT2D eigenvalue weighted by atomic mass is 16.2. The number of fused-ring (bicyclic) bond motifs is 1. The normalized spacial score (nSPS) is 21.3. The molecule has 32 heavy (non-hydrogen) atoms. The minimum absolute atomic E-state index is 0.152. The summed E-state index contributed by atoms with van der Waals surface area (Å²) in [6.07, 6.45) is 3.94. The largest absolute Gasteiger partial charge is 0.323 e. The molecule has 0 spiro atoms. The van der Waals surface area contributed by atoms with E-state index < -0.39 is 0 Å². The Bertz CT molecular complexity index is 1190. The van der Waals surface area contributed by atoms with Crippen molar-refractivity contribution in [2.75, 3.05) is 24.5 Å². The van der Waals surface area contributed by atoms with E-state index in [1.54, 1.807) is 0 Å². The van der Waals surface area contributed by atoms with Crippen LogP contribution in [0.25, 0.3) is 0 Å². The highest BCUT2D eigenvalue weighted by molar-refractivity contribution is 5.95. The standard InChI is InChI=1S/C26H27N5O/c1-18-4-3-5-22(14-18)30-13-12-29(17-26(30)32)24-11-10-23(31-19(2)28-16-25(24)31)21-8-6-20(15-27)7-9-21/h3-9,14,16,23-24H,10-13,17H2,1-2H3. The van der Waals surface area contributed by atoms with Gasteiger partial charge in [-0.2, -0.15) is 5.26 Å². The summed E-state index contributed by atoms with van der Waals surface area (Å²) in [7, 11) is 0. The van der Waals surface area contributed by atoms with Gasteiger partial charge in [0.1, 0.15) is 5.82 Å². The SMILES string of the molecule is Cc1cccc(N2CCN(C3CCC(c4ccc(C#N)cc4)n4c3cnc4C)CC2=O)c1. The van der Waals surface area contributed by atoms with Crippen molar-refractivity contribution in [1.29, 1.82) is 5.26 Å². The molecule has 2 atom stereocenters. The predicted molar refractivity (Wildman–Crippen MR) is 123 cm³/mol. The fourth-order valence-corrected chi connectivity index (χ4v) is 5.21. The van der Waals surface area contributed by atoms with E-state index in [-0.39, 0.29) is 18.0 Å². The van der Waals surface area contributed by atoms with Gasteiger partial charge in [0.15, 0.2) is 0 Å². The third kappa shape index (κ3) is 3.59. The van der Waals surface area contributed by atoms with Gasteiger partial charge in [0.25, 0.3) is 0 Å². The Morgan fingerprint density at radius 1 is 1.03 bits per heavy atom. The minimum Gasteiger partial charge on any atom is -0.323 e. The van der Waals surface area contributed by atoms with Gasteiger partial charge in [0.05, 0.1) is 42.2 Å². The number of carbonyl (C=O) groups is 1. The average molecular weight is 426 g/mol. The fourth-order valence-electron chi connectivity index (χ4n) is 5.21. The minimum atomic E-state index is 0.152. The van der Waals surface area contributed by atoms with Crippen LogP contribution in [0, 0.1) is 25.2 Å². The van der Waals surface area contributed by atoms with Crippen LogP contribution in [0.5, 0.6) is 0 Å². The van der Waals surface area contributed by atoms with Crippen molar-refractivity contribution in [1.82, 2.24) is 14.5 Å². The van der Waals surface area contributed by atoms with Gasteiger partial charge in [-0.25, -0.2) is 4.98 Å². The molecule has 162 valence electrons. The van der Waals surface area contributed by atoms with E-state index in [1.807, 2.05) is 42.3 Å². The summed E-state index contributed by atoms with van der Waals surface area (Å²) in [5, 5.41) is 9.11. The van der Waals surface area contributed by atoms with Gasteiger partial charge >= 0.3 is 0 Å². The van der Waals surface area contributed by atoms with Crippen molar-refractivity contribution in [3.63, 3.8) is 0 Å². The Morgan fingerprint density at radius 2 is 1.81 bits per heavy atom. The second kappa shape index (κ2) is 8.25. The lowest BCUT2D eigenvalue weighted by Crippen LogP contribution is -2.52. The number of imidazole rings is 1. The molecule has 1 amide bonds. The number of rotatable bonds is 3. The van der Waals surface area contributed by atoms with E-state index in [2.05, 4.69) is 51.7 Å². The van der Waals surface area contributed by atoms with Crippen molar-refractivity contribution in [3.8, 4) is 6.07 Å². The highest BCUT2D eigenvalue weighted by Crippen LogP contribution is 2.40. The Labute approximate surface area is 188 Å². The van der Waals surface area contributed by atoms with Crippen LogP contribution in [-0.4, -0.2) is 40.0 Å².